The van der Waals surface area contributed by atoms with Gasteiger partial charge in [0.2, 0.25) is 0 Å². The molecule has 0 saturated carbocycles. The molecule has 0 aliphatic carbocycles. The van der Waals surface area contributed by atoms with Gasteiger partial charge >= 0.3 is 0 Å². The molecule has 100 valence electrons. The average Bonchev–Trinajstić information content (AvgIpc) is 2.33. The van der Waals surface area contributed by atoms with Crippen molar-refractivity contribution in [3.05, 3.63) is 53.3 Å². The van der Waals surface area contributed by atoms with Crippen molar-refractivity contribution < 1.29 is 10.2 Å². The SMILES string of the molecule is [O-]c1c(Br)cc(Cc2cc(Br)c(O)c(Br)c2)cc1Br. The molecular formula is C13H7Br4O2-. The van der Waals surface area contributed by atoms with Crippen LogP contribution >= 0.6 is 63.7 Å². The number of hydrogen-bond acceptors (Lipinski definition) is 2. The lowest BCUT2D eigenvalue weighted by atomic mass is 10.0. The van der Waals surface area contributed by atoms with Crippen LogP contribution in [0.1, 0.15) is 11.1 Å². The van der Waals surface area contributed by atoms with Gasteiger partial charge in [0, 0.05) is 8.95 Å². The van der Waals surface area contributed by atoms with Gasteiger partial charge in [-0.3, -0.25) is 0 Å². The Morgan fingerprint density at radius 1 is 0.789 bits per heavy atom. The Morgan fingerprint density at radius 2 is 1.16 bits per heavy atom. The van der Waals surface area contributed by atoms with Crippen molar-refractivity contribution >= 4 is 63.7 Å². The zero-order valence-electron chi connectivity index (χ0n) is 9.38. The highest BCUT2D eigenvalue weighted by atomic mass is 79.9. The molecule has 19 heavy (non-hydrogen) atoms. The number of benzene rings is 2. The lowest BCUT2D eigenvalue weighted by Gasteiger charge is -2.14. The van der Waals surface area contributed by atoms with Crippen LogP contribution in [-0.2, 0) is 6.42 Å². The predicted molar refractivity (Wildman–Crippen MR) is 87.6 cm³/mol. The Morgan fingerprint density at radius 3 is 1.58 bits per heavy atom. The Kier molecular flexibility index (Phi) is 4.98. The van der Waals surface area contributed by atoms with Crippen LogP contribution in [0.2, 0.25) is 0 Å². The summed E-state index contributed by atoms with van der Waals surface area (Å²) in [5.41, 5.74) is 2.02. The molecule has 0 saturated heterocycles. The molecule has 0 radical (unpaired) electrons. The minimum absolute atomic E-state index is 0.0585. The van der Waals surface area contributed by atoms with Crippen molar-refractivity contribution in [2.24, 2.45) is 0 Å². The molecular weight excluding hydrogens is 508 g/mol. The molecule has 0 aliphatic rings. The number of phenols is 1. The number of hydrogen-bond donors (Lipinski definition) is 1. The van der Waals surface area contributed by atoms with Gasteiger partial charge in [-0.05, 0) is 73.7 Å². The fourth-order valence-electron chi connectivity index (χ4n) is 1.67. The molecule has 6 heteroatoms. The number of rotatable bonds is 2. The summed E-state index contributed by atoms with van der Waals surface area (Å²) in [6.45, 7) is 0. The van der Waals surface area contributed by atoms with E-state index in [-0.39, 0.29) is 11.5 Å². The van der Waals surface area contributed by atoms with Gasteiger partial charge in [0.1, 0.15) is 5.75 Å². The number of aromatic hydroxyl groups is 1. The minimum Gasteiger partial charge on any atom is -0.871 e. The number of halogens is 4. The van der Waals surface area contributed by atoms with Crippen molar-refractivity contribution in [3.8, 4) is 11.5 Å². The van der Waals surface area contributed by atoms with Crippen LogP contribution in [0.25, 0.3) is 0 Å². The van der Waals surface area contributed by atoms with Crippen molar-refractivity contribution in [2.75, 3.05) is 0 Å². The van der Waals surface area contributed by atoms with Crippen molar-refractivity contribution in [1.82, 2.24) is 0 Å². The molecule has 2 nitrogen and oxygen atoms in total. The summed E-state index contributed by atoms with van der Waals surface area (Å²) in [4.78, 5) is 0. The van der Waals surface area contributed by atoms with Crippen molar-refractivity contribution in [1.29, 1.82) is 0 Å². The minimum atomic E-state index is -0.0585. The van der Waals surface area contributed by atoms with Crippen LogP contribution in [0.4, 0.5) is 0 Å². The smallest absolute Gasteiger partial charge is 0.143 e. The monoisotopic (exact) mass is 511 g/mol. The van der Waals surface area contributed by atoms with E-state index in [1.807, 2.05) is 24.3 Å². The van der Waals surface area contributed by atoms with Gasteiger partial charge < -0.3 is 10.2 Å². The van der Waals surface area contributed by atoms with E-state index < -0.39 is 0 Å². The first-order valence-corrected chi connectivity index (χ1v) is 8.37. The van der Waals surface area contributed by atoms with Gasteiger partial charge in [0.25, 0.3) is 0 Å². The second-order valence-electron chi connectivity index (χ2n) is 3.97. The molecule has 0 spiro atoms. The highest BCUT2D eigenvalue weighted by Crippen LogP contribution is 2.35. The van der Waals surface area contributed by atoms with Crippen LogP contribution in [-0.4, -0.2) is 5.11 Å². The van der Waals surface area contributed by atoms with Gasteiger partial charge in [0.15, 0.2) is 0 Å². The van der Waals surface area contributed by atoms with Gasteiger partial charge in [-0.2, -0.15) is 0 Å². The molecule has 0 heterocycles. The summed E-state index contributed by atoms with van der Waals surface area (Å²) in [5.74, 6) is 0.123. The van der Waals surface area contributed by atoms with E-state index in [2.05, 4.69) is 63.7 Å². The lowest BCUT2D eigenvalue weighted by Crippen LogP contribution is -1.96. The third-order valence-corrected chi connectivity index (χ3v) is 4.93. The largest absolute Gasteiger partial charge is 0.871 e. The van der Waals surface area contributed by atoms with Crippen molar-refractivity contribution in [2.45, 2.75) is 6.42 Å². The molecule has 0 amide bonds. The predicted octanol–water partition coefficient (Wildman–Crippen LogP) is 5.11. The summed E-state index contributed by atoms with van der Waals surface area (Å²) in [5, 5.41) is 21.3. The number of phenolic OH excluding ortho intramolecular Hbond substituents is 1. The summed E-state index contributed by atoms with van der Waals surface area (Å²) in [7, 11) is 0. The standard InChI is InChI=1S/C13H8Br4O2/c14-8-2-6(3-9(15)12(8)18)1-7-4-10(16)13(19)11(17)5-7/h2-5,18-19H,1H2/p-1. The van der Waals surface area contributed by atoms with E-state index in [9.17, 15) is 10.2 Å². The van der Waals surface area contributed by atoms with Crippen LogP contribution in [0.15, 0.2) is 42.2 Å². The van der Waals surface area contributed by atoms with Gasteiger partial charge in [0.05, 0.1) is 8.95 Å². The topological polar surface area (TPSA) is 43.3 Å². The third-order valence-electron chi connectivity index (χ3n) is 2.54. The zero-order chi connectivity index (χ0) is 14.2. The molecule has 2 aromatic rings. The summed E-state index contributed by atoms with van der Waals surface area (Å²) in [6.07, 6.45) is 0.662. The first-order valence-electron chi connectivity index (χ1n) is 5.20. The average molecular weight is 515 g/mol. The molecule has 0 aliphatic heterocycles. The first-order chi connectivity index (χ1) is 8.88. The second kappa shape index (κ2) is 6.16. The highest BCUT2D eigenvalue weighted by Gasteiger charge is 2.07. The maximum absolute atomic E-state index is 11.6. The van der Waals surface area contributed by atoms with Crippen molar-refractivity contribution in [3.63, 3.8) is 0 Å². The fraction of sp³-hybridized carbons (Fsp3) is 0.0769. The van der Waals surface area contributed by atoms with E-state index >= 15 is 0 Å². The van der Waals surface area contributed by atoms with E-state index in [1.165, 1.54) is 0 Å². The normalized spacial score (nSPS) is 10.7. The Balaban J connectivity index is 2.36. The molecule has 0 fully saturated rings. The van der Waals surface area contributed by atoms with E-state index in [0.717, 1.165) is 11.1 Å². The third kappa shape index (κ3) is 3.54. The molecule has 2 aromatic carbocycles. The van der Waals surface area contributed by atoms with Crippen LogP contribution < -0.4 is 5.11 Å². The summed E-state index contributed by atoms with van der Waals surface area (Å²) < 4.78 is 2.34. The quantitative estimate of drug-likeness (QED) is 0.605. The molecule has 0 aromatic heterocycles. The van der Waals surface area contributed by atoms with E-state index in [4.69, 9.17) is 0 Å². The Labute approximate surface area is 144 Å². The van der Waals surface area contributed by atoms with E-state index in [1.54, 1.807) is 0 Å². The zero-order valence-corrected chi connectivity index (χ0v) is 15.7. The molecule has 1 N–H and O–H groups in total. The van der Waals surface area contributed by atoms with Gasteiger partial charge in [-0.1, -0.05) is 37.6 Å². The van der Waals surface area contributed by atoms with Gasteiger partial charge in [-0.25, -0.2) is 0 Å². The summed E-state index contributed by atoms with van der Waals surface area (Å²) >= 11 is 13.1. The first kappa shape index (κ1) is 15.4. The van der Waals surface area contributed by atoms with Crippen LogP contribution in [0.5, 0.6) is 11.5 Å². The molecule has 0 atom stereocenters. The Hall–Kier alpha value is -0.0400. The maximum atomic E-state index is 11.6. The van der Waals surface area contributed by atoms with Gasteiger partial charge in [-0.15, -0.1) is 0 Å². The highest BCUT2D eigenvalue weighted by molar-refractivity contribution is 9.11. The van der Waals surface area contributed by atoms with Crippen LogP contribution in [0.3, 0.4) is 0 Å². The Bertz CT molecular complexity index is 539. The summed E-state index contributed by atoms with van der Waals surface area (Å²) in [6, 6.07) is 7.32. The molecule has 0 bridgehead atoms. The second-order valence-corrected chi connectivity index (χ2v) is 7.39. The molecule has 0 unspecified atom stereocenters. The van der Waals surface area contributed by atoms with E-state index in [0.29, 0.717) is 24.3 Å². The fourth-order valence-corrected chi connectivity index (χ4v) is 4.23. The lowest BCUT2D eigenvalue weighted by molar-refractivity contribution is -0.270. The maximum Gasteiger partial charge on any atom is 0.143 e. The van der Waals surface area contributed by atoms with Crippen LogP contribution in [0, 0.1) is 0 Å². The molecule has 2 rings (SSSR count).